The Balaban J connectivity index is 1.97. The Morgan fingerprint density at radius 3 is 2.36 bits per heavy atom. The summed E-state index contributed by atoms with van der Waals surface area (Å²) in [6.45, 7) is 10.3. The Hall–Kier alpha value is -1.21. The molecule has 0 N–H and O–H groups in total. The quantitative estimate of drug-likeness (QED) is 0.806. The maximum atomic E-state index is 11.2. The second-order valence-electron chi connectivity index (χ2n) is 6.34. The number of aromatic nitrogens is 2. The van der Waals surface area contributed by atoms with Crippen molar-refractivity contribution in [3.05, 3.63) is 17.6 Å². The highest BCUT2D eigenvalue weighted by molar-refractivity contribution is 7.90. The number of hydrogen-bond donors (Lipinski definition) is 0. The van der Waals surface area contributed by atoms with Crippen LogP contribution in [-0.2, 0) is 9.84 Å². The average molecular weight is 326 g/mol. The molecule has 1 saturated heterocycles. The highest BCUT2D eigenvalue weighted by Gasteiger charge is 2.20. The van der Waals surface area contributed by atoms with Gasteiger partial charge < -0.3 is 4.90 Å². The highest BCUT2D eigenvalue weighted by Crippen LogP contribution is 2.18. The van der Waals surface area contributed by atoms with Gasteiger partial charge in [0.2, 0.25) is 0 Å². The number of anilines is 1. The van der Waals surface area contributed by atoms with Crippen molar-refractivity contribution in [2.45, 2.75) is 26.7 Å². The van der Waals surface area contributed by atoms with Gasteiger partial charge in [0.15, 0.2) is 0 Å². The molecule has 6 nitrogen and oxygen atoms in total. The molecule has 1 aromatic heterocycles. The van der Waals surface area contributed by atoms with Gasteiger partial charge in [0.1, 0.15) is 21.5 Å². The number of nitrogens with zero attached hydrogens (tertiary/aromatic N) is 4. The number of aryl methyl sites for hydroxylation is 1. The van der Waals surface area contributed by atoms with Gasteiger partial charge in [0.25, 0.3) is 0 Å². The Bertz CT molecular complexity index is 608. The first-order chi connectivity index (χ1) is 10.2. The SMILES string of the molecule is Cc1cc(N2CCN(CCS(C)(=O)=O)CC2)nc(C(C)C)n1. The summed E-state index contributed by atoms with van der Waals surface area (Å²) in [5, 5.41) is 0. The van der Waals surface area contributed by atoms with Crippen LogP contribution < -0.4 is 4.90 Å². The largest absolute Gasteiger partial charge is 0.354 e. The molecule has 0 aromatic carbocycles. The molecule has 124 valence electrons. The average Bonchev–Trinajstić information content (AvgIpc) is 2.44. The third-order valence-electron chi connectivity index (χ3n) is 3.85. The molecule has 0 atom stereocenters. The van der Waals surface area contributed by atoms with Crippen LogP contribution in [0.15, 0.2) is 6.07 Å². The summed E-state index contributed by atoms with van der Waals surface area (Å²) in [6, 6.07) is 2.03. The van der Waals surface area contributed by atoms with E-state index < -0.39 is 9.84 Å². The molecule has 0 bridgehead atoms. The van der Waals surface area contributed by atoms with Crippen molar-refractivity contribution in [1.82, 2.24) is 14.9 Å². The summed E-state index contributed by atoms with van der Waals surface area (Å²) >= 11 is 0. The molecule has 0 unspecified atom stereocenters. The molecule has 1 aliphatic heterocycles. The Labute approximate surface area is 133 Å². The van der Waals surface area contributed by atoms with E-state index in [1.54, 1.807) is 0 Å². The lowest BCUT2D eigenvalue weighted by Gasteiger charge is -2.35. The lowest BCUT2D eigenvalue weighted by Crippen LogP contribution is -2.48. The van der Waals surface area contributed by atoms with E-state index >= 15 is 0 Å². The van der Waals surface area contributed by atoms with Gasteiger partial charge in [-0.15, -0.1) is 0 Å². The van der Waals surface area contributed by atoms with Gasteiger partial charge >= 0.3 is 0 Å². The zero-order valence-electron chi connectivity index (χ0n) is 13.9. The van der Waals surface area contributed by atoms with Crippen molar-refractivity contribution in [2.24, 2.45) is 0 Å². The standard InChI is InChI=1S/C15H26N4O2S/c1-12(2)15-16-13(3)11-14(17-15)19-7-5-18(6-8-19)9-10-22(4,20)21/h11-12H,5-10H2,1-4H3. The minimum Gasteiger partial charge on any atom is -0.354 e. The fraction of sp³-hybridized carbons (Fsp3) is 0.733. The van der Waals surface area contributed by atoms with Gasteiger partial charge in [-0.3, -0.25) is 4.90 Å². The molecular weight excluding hydrogens is 300 g/mol. The third-order valence-corrected chi connectivity index (χ3v) is 4.77. The second-order valence-corrected chi connectivity index (χ2v) is 8.60. The molecule has 0 radical (unpaired) electrons. The Kier molecular flexibility index (Phi) is 5.39. The van der Waals surface area contributed by atoms with Crippen LogP contribution in [-0.4, -0.2) is 68.0 Å². The van der Waals surface area contributed by atoms with E-state index in [1.165, 1.54) is 6.26 Å². The number of hydrogen-bond acceptors (Lipinski definition) is 6. The van der Waals surface area contributed by atoms with E-state index in [-0.39, 0.29) is 5.75 Å². The van der Waals surface area contributed by atoms with E-state index in [0.717, 1.165) is 43.5 Å². The predicted octanol–water partition coefficient (Wildman–Crippen LogP) is 1.08. The van der Waals surface area contributed by atoms with E-state index in [0.29, 0.717) is 12.5 Å². The maximum absolute atomic E-state index is 11.2. The second kappa shape index (κ2) is 6.91. The molecule has 7 heteroatoms. The van der Waals surface area contributed by atoms with E-state index in [1.807, 2.05) is 13.0 Å². The van der Waals surface area contributed by atoms with Crippen molar-refractivity contribution >= 4 is 15.7 Å². The first-order valence-corrected chi connectivity index (χ1v) is 9.81. The van der Waals surface area contributed by atoms with Crippen LogP contribution in [0.4, 0.5) is 5.82 Å². The van der Waals surface area contributed by atoms with Crippen LogP contribution in [0.2, 0.25) is 0 Å². The van der Waals surface area contributed by atoms with Crippen molar-refractivity contribution in [3.63, 3.8) is 0 Å². The van der Waals surface area contributed by atoms with Crippen LogP contribution >= 0.6 is 0 Å². The highest BCUT2D eigenvalue weighted by atomic mass is 32.2. The molecule has 2 rings (SSSR count). The van der Waals surface area contributed by atoms with Crippen molar-refractivity contribution in [1.29, 1.82) is 0 Å². The van der Waals surface area contributed by atoms with Crippen LogP contribution in [0.5, 0.6) is 0 Å². The molecule has 1 fully saturated rings. The van der Waals surface area contributed by atoms with Crippen molar-refractivity contribution < 1.29 is 8.42 Å². The maximum Gasteiger partial charge on any atom is 0.148 e. The van der Waals surface area contributed by atoms with Gasteiger partial charge in [-0.1, -0.05) is 13.8 Å². The molecular formula is C15H26N4O2S. The topological polar surface area (TPSA) is 66.4 Å². The molecule has 0 saturated carbocycles. The summed E-state index contributed by atoms with van der Waals surface area (Å²) in [5.41, 5.74) is 0.994. The minimum absolute atomic E-state index is 0.233. The van der Waals surface area contributed by atoms with Gasteiger partial charge in [0, 0.05) is 56.7 Å². The first kappa shape index (κ1) is 17.1. The predicted molar refractivity (Wildman–Crippen MR) is 89.2 cm³/mol. The Morgan fingerprint density at radius 2 is 1.82 bits per heavy atom. The lowest BCUT2D eigenvalue weighted by atomic mass is 10.2. The summed E-state index contributed by atoms with van der Waals surface area (Å²) in [4.78, 5) is 13.6. The first-order valence-electron chi connectivity index (χ1n) is 7.75. The fourth-order valence-corrected chi connectivity index (χ4v) is 3.08. The third kappa shape index (κ3) is 4.91. The molecule has 2 heterocycles. The zero-order valence-corrected chi connectivity index (χ0v) is 14.7. The minimum atomic E-state index is -2.89. The molecule has 0 spiro atoms. The molecule has 22 heavy (non-hydrogen) atoms. The van der Waals surface area contributed by atoms with Gasteiger partial charge in [-0.2, -0.15) is 0 Å². The zero-order chi connectivity index (χ0) is 16.3. The van der Waals surface area contributed by atoms with Crippen LogP contribution in [0.1, 0.15) is 31.3 Å². The Morgan fingerprint density at radius 1 is 1.18 bits per heavy atom. The summed E-state index contributed by atoms with van der Waals surface area (Å²) < 4.78 is 22.5. The van der Waals surface area contributed by atoms with E-state index in [9.17, 15) is 8.42 Å². The summed E-state index contributed by atoms with van der Waals surface area (Å²) in [6.07, 6.45) is 1.29. The lowest BCUT2D eigenvalue weighted by molar-refractivity contribution is 0.271. The smallest absolute Gasteiger partial charge is 0.148 e. The molecule has 0 amide bonds. The van der Waals surface area contributed by atoms with E-state index in [4.69, 9.17) is 0 Å². The normalized spacial score (nSPS) is 17.2. The summed E-state index contributed by atoms with van der Waals surface area (Å²) in [7, 11) is -2.89. The van der Waals surface area contributed by atoms with Gasteiger partial charge in [-0.05, 0) is 6.92 Å². The fourth-order valence-electron chi connectivity index (χ4n) is 2.49. The van der Waals surface area contributed by atoms with Crippen LogP contribution in [0.3, 0.4) is 0 Å². The van der Waals surface area contributed by atoms with Gasteiger partial charge in [0.05, 0.1) is 5.75 Å². The summed E-state index contributed by atoms with van der Waals surface area (Å²) in [5.74, 6) is 2.42. The molecule has 1 aromatic rings. The van der Waals surface area contributed by atoms with Gasteiger partial charge in [-0.25, -0.2) is 18.4 Å². The molecule has 0 aliphatic carbocycles. The van der Waals surface area contributed by atoms with Crippen molar-refractivity contribution in [3.8, 4) is 0 Å². The van der Waals surface area contributed by atoms with Crippen LogP contribution in [0.25, 0.3) is 0 Å². The number of rotatable bonds is 5. The number of sulfone groups is 1. The van der Waals surface area contributed by atoms with Crippen LogP contribution in [0, 0.1) is 6.92 Å². The molecule has 1 aliphatic rings. The monoisotopic (exact) mass is 326 g/mol. The van der Waals surface area contributed by atoms with Crippen molar-refractivity contribution in [2.75, 3.05) is 49.6 Å². The van der Waals surface area contributed by atoms with E-state index in [2.05, 4.69) is 33.6 Å². The number of piperazine rings is 1.